The first-order valence-corrected chi connectivity index (χ1v) is 5.09. The predicted octanol–water partition coefficient (Wildman–Crippen LogP) is 2.70. The smallest absolute Gasteiger partial charge is 0.310 e. The summed E-state index contributed by atoms with van der Waals surface area (Å²) < 4.78 is 14.0. The molecule has 0 radical (unpaired) electrons. The lowest BCUT2D eigenvalue weighted by Gasteiger charge is -2.06. The second kappa shape index (κ2) is 3.35. The molecule has 1 aromatic carbocycles. The van der Waals surface area contributed by atoms with E-state index in [9.17, 15) is 9.18 Å². The maximum absolute atomic E-state index is 13.4. The third-order valence-corrected chi connectivity index (χ3v) is 3.01. The number of hydrogen-bond acceptors (Lipinski definition) is 1. The summed E-state index contributed by atoms with van der Waals surface area (Å²) in [6.07, 6.45) is 1.02. The monoisotopic (exact) mass is 258 g/mol. The zero-order valence-electron chi connectivity index (χ0n) is 7.26. The Labute approximate surface area is 88.9 Å². The molecule has 2 rings (SSSR count). The molecule has 0 saturated carbocycles. The Bertz CT molecular complexity index is 403. The minimum atomic E-state index is -0.874. The van der Waals surface area contributed by atoms with Gasteiger partial charge >= 0.3 is 5.97 Å². The zero-order chi connectivity index (χ0) is 10.3. The van der Waals surface area contributed by atoms with Crippen LogP contribution in [0.5, 0.6) is 0 Å². The van der Waals surface area contributed by atoms with Gasteiger partial charge < -0.3 is 5.11 Å². The standard InChI is InChI=1S/C10H8BrFO2/c11-5-3-8-6(9(12)4-5)1-2-7(8)10(13)14/h3-4,7H,1-2H2,(H,13,14). The van der Waals surface area contributed by atoms with Crippen molar-refractivity contribution in [3.8, 4) is 0 Å². The third-order valence-electron chi connectivity index (χ3n) is 2.55. The molecule has 1 unspecified atom stereocenters. The van der Waals surface area contributed by atoms with Crippen LogP contribution in [0.15, 0.2) is 16.6 Å². The summed E-state index contributed by atoms with van der Waals surface area (Å²) in [5, 5.41) is 8.90. The summed E-state index contributed by atoms with van der Waals surface area (Å²) in [4.78, 5) is 10.8. The van der Waals surface area contributed by atoms with Gasteiger partial charge in [0.1, 0.15) is 5.82 Å². The highest BCUT2D eigenvalue weighted by molar-refractivity contribution is 9.10. The fourth-order valence-electron chi connectivity index (χ4n) is 1.90. The normalized spacial score (nSPS) is 19.4. The fraction of sp³-hybridized carbons (Fsp3) is 0.300. The molecule has 4 heteroatoms. The first kappa shape index (κ1) is 9.65. The molecule has 14 heavy (non-hydrogen) atoms. The summed E-state index contributed by atoms with van der Waals surface area (Å²) >= 11 is 3.16. The van der Waals surface area contributed by atoms with Gasteiger partial charge in [-0.05, 0) is 36.1 Å². The van der Waals surface area contributed by atoms with Crippen LogP contribution in [-0.2, 0) is 11.2 Å². The van der Waals surface area contributed by atoms with Gasteiger partial charge in [0.15, 0.2) is 0 Å². The van der Waals surface area contributed by atoms with Crippen LogP contribution in [0.25, 0.3) is 0 Å². The van der Waals surface area contributed by atoms with E-state index >= 15 is 0 Å². The van der Waals surface area contributed by atoms with E-state index in [1.807, 2.05) is 0 Å². The molecule has 74 valence electrons. The van der Waals surface area contributed by atoms with Crippen LogP contribution in [0, 0.1) is 5.82 Å². The van der Waals surface area contributed by atoms with E-state index in [0.29, 0.717) is 28.4 Å². The van der Waals surface area contributed by atoms with Crippen LogP contribution in [0.3, 0.4) is 0 Å². The molecule has 0 spiro atoms. The highest BCUT2D eigenvalue weighted by Gasteiger charge is 2.30. The van der Waals surface area contributed by atoms with Gasteiger partial charge in [0.2, 0.25) is 0 Å². The van der Waals surface area contributed by atoms with Crippen molar-refractivity contribution in [1.29, 1.82) is 0 Å². The van der Waals surface area contributed by atoms with Crippen molar-refractivity contribution in [2.45, 2.75) is 18.8 Å². The van der Waals surface area contributed by atoms with E-state index in [0.717, 1.165) is 0 Å². The Kier molecular flexibility index (Phi) is 2.31. The summed E-state index contributed by atoms with van der Waals surface area (Å²) in [6.45, 7) is 0. The summed E-state index contributed by atoms with van der Waals surface area (Å²) in [5.41, 5.74) is 1.17. The molecular weight excluding hydrogens is 251 g/mol. The zero-order valence-corrected chi connectivity index (χ0v) is 8.84. The highest BCUT2D eigenvalue weighted by atomic mass is 79.9. The second-order valence-electron chi connectivity index (χ2n) is 3.38. The van der Waals surface area contributed by atoms with Crippen LogP contribution >= 0.6 is 15.9 Å². The van der Waals surface area contributed by atoms with Crippen LogP contribution < -0.4 is 0 Å². The third kappa shape index (κ3) is 1.43. The molecule has 0 fully saturated rings. The van der Waals surface area contributed by atoms with Crippen LogP contribution in [-0.4, -0.2) is 11.1 Å². The Balaban J connectivity index is 2.54. The van der Waals surface area contributed by atoms with Gasteiger partial charge in [-0.15, -0.1) is 0 Å². The number of hydrogen-bond donors (Lipinski definition) is 1. The van der Waals surface area contributed by atoms with Crippen molar-refractivity contribution in [3.63, 3.8) is 0 Å². The Morgan fingerprint density at radius 3 is 2.93 bits per heavy atom. The minimum absolute atomic E-state index is 0.307. The molecule has 0 heterocycles. The van der Waals surface area contributed by atoms with E-state index < -0.39 is 11.9 Å². The van der Waals surface area contributed by atoms with E-state index in [1.165, 1.54) is 6.07 Å². The summed E-state index contributed by atoms with van der Waals surface area (Å²) in [5.74, 6) is -1.73. The first-order chi connectivity index (χ1) is 6.59. The maximum Gasteiger partial charge on any atom is 0.310 e. The van der Waals surface area contributed by atoms with Crippen LogP contribution in [0.2, 0.25) is 0 Å². The van der Waals surface area contributed by atoms with Crippen molar-refractivity contribution >= 4 is 21.9 Å². The van der Waals surface area contributed by atoms with Gasteiger partial charge in [0, 0.05) is 4.47 Å². The molecule has 1 N–H and O–H groups in total. The molecule has 1 aliphatic rings. The van der Waals surface area contributed by atoms with E-state index in [1.54, 1.807) is 6.07 Å². The number of aliphatic carboxylic acids is 1. The molecule has 0 aromatic heterocycles. The first-order valence-electron chi connectivity index (χ1n) is 4.30. The molecule has 0 bridgehead atoms. The molecule has 0 aliphatic heterocycles. The molecule has 2 nitrogen and oxygen atoms in total. The Morgan fingerprint density at radius 1 is 1.57 bits per heavy atom. The van der Waals surface area contributed by atoms with E-state index in [2.05, 4.69) is 15.9 Å². The molecular formula is C10H8BrFO2. The van der Waals surface area contributed by atoms with Crippen LogP contribution in [0.4, 0.5) is 4.39 Å². The number of benzene rings is 1. The number of rotatable bonds is 1. The lowest BCUT2D eigenvalue weighted by Crippen LogP contribution is -2.07. The summed E-state index contributed by atoms with van der Waals surface area (Å²) in [7, 11) is 0. The van der Waals surface area contributed by atoms with Gasteiger partial charge in [-0.3, -0.25) is 4.79 Å². The summed E-state index contributed by atoms with van der Waals surface area (Å²) in [6, 6.07) is 3.08. The van der Waals surface area contributed by atoms with Crippen LogP contribution in [0.1, 0.15) is 23.5 Å². The van der Waals surface area contributed by atoms with Gasteiger partial charge in [0.25, 0.3) is 0 Å². The second-order valence-corrected chi connectivity index (χ2v) is 4.30. The number of carbonyl (C=O) groups is 1. The predicted molar refractivity (Wildman–Crippen MR) is 52.8 cm³/mol. The van der Waals surface area contributed by atoms with Crippen molar-refractivity contribution in [3.05, 3.63) is 33.5 Å². The van der Waals surface area contributed by atoms with Crippen molar-refractivity contribution in [2.75, 3.05) is 0 Å². The SMILES string of the molecule is O=C(O)C1CCc2c(F)cc(Br)cc21. The average molecular weight is 259 g/mol. The van der Waals surface area contributed by atoms with Crippen molar-refractivity contribution in [1.82, 2.24) is 0 Å². The van der Waals surface area contributed by atoms with Gasteiger partial charge in [-0.25, -0.2) is 4.39 Å². The van der Waals surface area contributed by atoms with Crippen molar-refractivity contribution in [2.24, 2.45) is 0 Å². The average Bonchev–Trinajstić information content (AvgIpc) is 2.47. The maximum atomic E-state index is 13.4. The Morgan fingerprint density at radius 2 is 2.29 bits per heavy atom. The minimum Gasteiger partial charge on any atom is -0.481 e. The molecule has 1 aromatic rings. The molecule has 1 atom stereocenters. The van der Waals surface area contributed by atoms with Gasteiger partial charge in [0.05, 0.1) is 5.92 Å². The lowest BCUT2D eigenvalue weighted by molar-refractivity contribution is -0.138. The number of fused-ring (bicyclic) bond motifs is 1. The van der Waals surface area contributed by atoms with Gasteiger partial charge in [-0.2, -0.15) is 0 Å². The lowest BCUT2D eigenvalue weighted by atomic mass is 10.0. The number of carboxylic acid groups (broad SMARTS) is 1. The number of halogens is 2. The van der Waals surface area contributed by atoms with E-state index in [4.69, 9.17) is 5.11 Å². The van der Waals surface area contributed by atoms with Gasteiger partial charge in [-0.1, -0.05) is 15.9 Å². The number of carboxylic acids is 1. The van der Waals surface area contributed by atoms with Crippen molar-refractivity contribution < 1.29 is 14.3 Å². The topological polar surface area (TPSA) is 37.3 Å². The van der Waals surface area contributed by atoms with E-state index in [-0.39, 0.29) is 5.82 Å². The molecule has 0 amide bonds. The molecule has 0 saturated heterocycles. The Hall–Kier alpha value is -0.900. The molecule has 1 aliphatic carbocycles. The fourth-order valence-corrected chi connectivity index (χ4v) is 2.35. The highest BCUT2D eigenvalue weighted by Crippen LogP contribution is 2.36. The quantitative estimate of drug-likeness (QED) is 0.841. The largest absolute Gasteiger partial charge is 0.481 e.